The van der Waals surface area contributed by atoms with Gasteiger partial charge in [0.25, 0.3) is 0 Å². The van der Waals surface area contributed by atoms with Crippen LogP contribution in [0.25, 0.3) is 0 Å². The molecule has 1 aromatic carbocycles. The van der Waals surface area contributed by atoms with Gasteiger partial charge in [-0.05, 0) is 24.1 Å². The second-order valence-electron chi connectivity index (χ2n) is 5.24. The van der Waals surface area contributed by atoms with E-state index in [1.54, 1.807) is 0 Å². The monoisotopic (exact) mass is 339 g/mol. The van der Waals surface area contributed by atoms with Crippen LogP contribution >= 0.6 is 15.9 Å². The van der Waals surface area contributed by atoms with Gasteiger partial charge in [0.2, 0.25) is 5.91 Å². The first kappa shape index (κ1) is 15.5. The van der Waals surface area contributed by atoms with E-state index < -0.39 is 0 Å². The predicted molar refractivity (Wildman–Crippen MR) is 84.3 cm³/mol. The molecule has 1 heterocycles. The molecule has 1 fully saturated rings. The molecule has 0 bridgehead atoms. The van der Waals surface area contributed by atoms with Crippen molar-refractivity contribution < 1.29 is 4.79 Å². The van der Waals surface area contributed by atoms with Crippen molar-refractivity contribution in [3.63, 3.8) is 0 Å². The van der Waals surface area contributed by atoms with E-state index >= 15 is 0 Å². The van der Waals surface area contributed by atoms with Crippen LogP contribution in [-0.2, 0) is 11.3 Å². The fourth-order valence-electron chi connectivity index (χ4n) is 2.38. The Bertz CT molecular complexity index is 441. The topological polar surface area (TPSA) is 49.6 Å². The van der Waals surface area contributed by atoms with Crippen LogP contribution in [0.1, 0.15) is 18.9 Å². The Labute approximate surface area is 129 Å². The van der Waals surface area contributed by atoms with Gasteiger partial charge in [0.05, 0.1) is 6.04 Å². The highest BCUT2D eigenvalue weighted by Crippen LogP contribution is 2.13. The number of carbonyl (C=O) groups excluding carboxylic acids is 1. The number of amides is 1. The molecule has 0 unspecified atom stereocenters. The molecule has 1 atom stereocenters. The van der Waals surface area contributed by atoms with Gasteiger partial charge in [-0.2, -0.15) is 0 Å². The van der Waals surface area contributed by atoms with Crippen molar-refractivity contribution in [3.8, 4) is 0 Å². The number of nitrogens with two attached hydrogens (primary N) is 1. The summed E-state index contributed by atoms with van der Waals surface area (Å²) in [5.74, 6) is 0.0933. The van der Waals surface area contributed by atoms with Gasteiger partial charge >= 0.3 is 0 Å². The molecule has 1 aromatic rings. The summed E-state index contributed by atoms with van der Waals surface area (Å²) in [6.45, 7) is 6.28. The molecule has 110 valence electrons. The largest absolute Gasteiger partial charge is 0.339 e. The third-order valence-corrected chi connectivity index (χ3v) is 4.29. The van der Waals surface area contributed by atoms with Crippen molar-refractivity contribution in [2.75, 3.05) is 26.2 Å². The van der Waals surface area contributed by atoms with Crippen LogP contribution in [0.3, 0.4) is 0 Å². The molecule has 0 saturated carbocycles. The Morgan fingerprint density at radius 3 is 2.40 bits per heavy atom. The molecule has 0 aliphatic carbocycles. The average Bonchev–Trinajstić information content (AvgIpc) is 2.49. The molecular weight excluding hydrogens is 318 g/mol. The number of rotatable bonds is 4. The van der Waals surface area contributed by atoms with Gasteiger partial charge in [-0.25, -0.2) is 0 Å². The van der Waals surface area contributed by atoms with Crippen LogP contribution in [0, 0.1) is 0 Å². The number of piperazine rings is 1. The molecule has 1 amide bonds. The summed E-state index contributed by atoms with van der Waals surface area (Å²) in [6, 6.07) is 8.06. The van der Waals surface area contributed by atoms with Crippen molar-refractivity contribution in [1.29, 1.82) is 0 Å². The summed E-state index contributed by atoms with van der Waals surface area (Å²) in [4.78, 5) is 16.3. The van der Waals surface area contributed by atoms with Crippen LogP contribution < -0.4 is 5.73 Å². The van der Waals surface area contributed by atoms with E-state index in [2.05, 4.69) is 45.1 Å². The number of halogens is 1. The summed E-state index contributed by atoms with van der Waals surface area (Å²) in [6.07, 6.45) is 0.706. The number of carbonyl (C=O) groups is 1. The van der Waals surface area contributed by atoms with E-state index in [0.717, 1.165) is 37.2 Å². The SMILES string of the molecule is CC[C@@H](N)C(=O)N1CCN(Cc2ccc(Br)cc2)CC1. The quantitative estimate of drug-likeness (QED) is 0.910. The van der Waals surface area contributed by atoms with E-state index in [-0.39, 0.29) is 11.9 Å². The highest BCUT2D eigenvalue weighted by Gasteiger charge is 2.24. The molecule has 0 radical (unpaired) electrons. The Hall–Kier alpha value is -0.910. The summed E-state index contributed by atoms with van der Waals surface area (Å²) in [7, 11) is 0. The number of benzene rings is 1. The van der Waals surface area contributed by atoms with E-state index in [1.165, 1.54) is 5.56 Å². The Kier molecular flexibility index (Phi) is 5.57. The van der Waals surface area contributed by atoms with Crippen molar-refractivity contribution in [2.45, 2.75) is 25.9 Å². The van der Waals surface area contributed by atoms with Gasteiger partial charge in [0, 0.05) is 37.2 Å². The first-order valence-corrected chi connectivity index (χ1v) is 7.90. The minimum atomic E-state index is -0.340. The standard InChI is InChI=1S/C15H22BrN3O/c1-2-14(17)15(20)19-9-7-18(8-10-19)11-12-3-5-13(16)6-4-12/h3-6,14H,2,7-11,17H2,1H3/t14-/m1/s1. The minimum absolute atomic E-state index is 0.0933. The summed E-state index contributed by atoms with van der Waals surface area (Å²) in [5, 5.41) is 0. The third kappa shape index (κ3) is 4.04. The lowest BCUT2D eigenvalue weighted by Gasteiger charge is -2.35. The zero-order valence-corrected chi connectivity index (χ0v) is 13.5. The summed E-state index contributed by atoms with van der Waals surface area (Å²) >= 11 is 3.45. The van der Waals surface area contributed by atoms with Gasteiger partial charge in [-0.15, -0.1) is 0 Å². The first-order valence-electron chi connectivity index (χ1n) is 7.11. The van der Waals surface area contributed by atoms with Gasteiger partial charge < -0.3 is 10.6 Å². The molecule has 4 nitrogen and oxygen atoms in total. The minimum Gasteiger partial charge on any atom is -0.339 e. The van der Waals surface area contributed by atoms with Crippen LogP contribution in [0.5, 0.6) is 0 Å². The first-order chi connectivity index (χ1) is 9.60. The van der Waals surface area contributed by atoms with Gasteiger partial charge in [-0.3, -0.25) is 9.69 Å². The van der Waals surface area contributed by atoms with Crippen LogP contribution in [0.15, 0.2) is 28.7 Å². The Morgan fingerprint density at radius 1 is 1.25 bits per heavy atom. The van der Waals surface area contributed by atoms with Crippen LogP contribution in [0.2, 0.25) is 0 Å². The molecule has 1 saturated heterocycles. The zero-order chi connectivity index (χ0) is 14.5. The number of hydrogen-bond donors (Lipinski definition) is 1. The van der Waals surface area contributed by atoms with E-state index in [0.29, 0.717) is 6.42 Å². The summed E-state index contributed by atoms with van der Waals surface area (Å²) in [5.41, 5.74) is 7.11. The predicted octanol–water partition coefficient (Wildman–Crippen LogP) is 1.83. The van der Waals surface area contributed by atoms with Gasteiger partial charge in [0.15, 0.2) is 0 Å². The molecule has 5 heteroatoms. The fraction of sp³-hybridized carbons (Fsp3) is 0.533. The second kappa shape index (κ2) is 7.20. The highest BCUT2D eigenvalue weighted by molar-refractivity contribution is 9.10. The number of hydrogen-bond acceptors (Lipinski definition) is 3. The third-order valence-electron chi connectivity index (χ3n) is 3.76. The molecular formula is C15H22BrN3O. The molecule has 20 heavy (non-hydrogen) atoms. The molecule has 0 aromatic heterocycles. The van der Waals surface area contributed by atoms with Gasteiger partial charge in [0.1, 0.15) is 0 Å². The smallest absolute Gasteiger partial charge is 0.239 e. The average molecular weight is 340 g/mol. The fourth-order valence-corrected chi connectivity index (χ4v) is 2.65. The van der Waals surface area contributed by atoms with E-state index in [4.69, 9.17) is 5.73 Å². The lowest BCUT2D eigenvalue weighted by atomic mass is 10.1. The maximum Gasteiger partial charge on any atom is 0.239 e. The van der Waals surface area contributed by atoms with Crippen LogP contribution in [0.4, 0.5) is 0 Å². The molecule has 1 aliphatic rings. The summed E-state index contributed by atoms with van der Waals surface area (Å²) < 4.78 is 1.10. The second-order valence-corrected chi connectivity index (χ2v) is 6.16. The van der Waals surface area contributed by atoms with Crippen molar-refractivity contribution in [3.05, 3.63) is 34.3 Å². The zero-order valence-electron chi connectivity index (χ0n) is 11.9. The van der Waals surface area contributed by atoms with E-state index in [9.17, 15) is 4.79 Å². The molecule has 2 N–H and O–H groups in total. The number of nitrogens with zero attached hydrogens (tertiary/aromatic N) is 2. The maximum atomic E-state index is 12.0. The maximum absolute atomic E-state index is 12.0. The van der Waals surface area contributed by atoms with Crippen LogP contribution in [-0.4, -0.2) is 47.9 Å². The van der Waals surface area contributed by atoms with E-state index in [1.807, 2.05) is 11.8 Å². The molecule has 1 aliphatic heterocycles. The highest BCUT2D eigenvalue weighted by atomic mass is 79.9. The Balaban J connectivity index is 1.82. The lowest BCUT2D eigenvalue weighted by molar-refractivity contribution is -0.134. The Morgan fingerprint density at radius 2 is 1.85 bits per heavy atom. The van der Waals surface area contributed by atoms with Crippen molar-refractivity contribution in [1.82, 2.24) is 9.80 Å². The van der Waals surface area contributed by atoms with Crippen molar-refractivity contribution in [2.24, 2.45) is 5.73 Å². The van der Waals surface area contributed by atoms with Crippen molar-refractivity contribution >= 4 is 21.8 Å². The molecule has 2 rings (SSSR count). The van der Waals surface area contributed by atoms with Gasteiger partial charge in [-0.1, -0.05) is 35.0 Å². The molecule has 0 spiro atoms. The lowest BCUT2D eigenvalue weighted by Crippen LogP contribution is -2.52. The normalized spacial score (nSPS) is 18.1.